The molecule has 3 heteroatoms. The zero-order valence-electron chi connectivity index (χ0n) is 8.26. The van der Waals surface area contributed by atoms with Crippen LogP contribution in [0.2, 0.25) is 5.82 Å². The maximum absolute atomic E-state index is 11.7. The van der Waals surface area contributed by atoms with E-state index in [-0.39, 0.29) is 25.4 Å². The molecule has 1 rings (SSSR count). The SMILES string of the molecule is C[Se]C(=O)C1(C(C)=O)CCCCC1. The zero-order chi connectivity index (χ0) is 9.90. The molecule has 0 spiro atoms. The predicted octanol–water partition coefficient (Wildman–Crippen LogP) is 1.80. The Hall–Kier alpha value is -0.141. The molecule has 74 valence electrons. The predicted molar refractivity (Wildman–Crippen MR) is 52.8 cm³/mol. The van der Waals surface area contributed by atoms with Crippen molar-refractivity contribution in [2.45, 2.75) is 44.9 Å². The summed E-state index contributed by atoms with van der Waals surface area (Å²) in [5.41, 5.74) is -0.562. The molecule has 0 aromatic rings. The van der Waals surface area contributed by atoms with Crippen molar-refractivity contribution in [3.8, 4) is 0 Å². The first kappa shape index (κ1) is 10.9. The van der Waals surface area contributed by atoms with E-state index in [9.17, 15) is 9.59 Å². The second-order valence-electron chi connectivity index (χ2n) is 3.69. The molecule has 1 aliphatic carbocycles. The molecule has 0 unspecified atom stereocenters. The fourth-order valence-electron chi connectivity index (χ4n) is 2.05. The molecule has 0 bridgehead atoms. The van der Waals surface area contributed by atoms with Crippen molar-refractivity contribution in [3.63, 3.8) is 0 Å². The standard InChI is InChI=1S/C10H16O2Se/c1-8(11)10(9(12)13-2)6-4-3-5-7-10/h3-7H2,1-2H3. The van der Waals surface area contributed by atoms with Crippen LogP contribution in [-0.2, 0) is 9.59 Å². The first-order valence-electron chi connectivity index (χ1n) is 4.73. The van der Waals surface area contributed by atoms with Gasteiger partial charge >= 0.3 is 85.3 Å². The number of rotatable bonds is 3. The molecular formula is C10H16O2Se. The summed E-state index contributed by atoms with van der Waals surface area (Å²) in [7, 11) is 0. The van der Waals surface area contributed by atoms with Gasteiger partial charge in [0.05, 0.1) is 0 Å². The molecule has 0 aliphatic heterocycles. The molecule has 0 saturated heterocycles. The second kappa shape index (κ2) is 4.38. The average molecular weight is 247 g/mol. The van der Waals surface area contributed by atoms with Gasteiger partial charge in [-0.05, 0) is 0 Å². The van der Waals surface area contributed by atoms with Gasteiger partial charge in [-0.25, -0.2) is 0 Å². The third-order valence-electron chi connectivity index (χ3n) is 2.96. The van der Waals surface area contributed by atoms with Crippen LogP contribution in [0.15, 0.2) is 0 Å². The Balaban J connectivity index is 2.85. The number of Topliss-reactive ketones (excluding diaryl/α,β-unsaturated/α-hetero) is 1. The molecule has 0 atom stereocenters. The van der Waals surface area contributed by atoms with Gasteiger partial charge in [0.15, 0.2) is 0 Å². The van der Waals surface area contributed by atoms with Crippen LogP contribution in [0.1, 0.15) is 39.0 Å². The molecule has 0 N–H and O–H groups in total. The first-order chi connectivity index (χ1) is 6.13. The number of hydrogen-bond acceptors (Lipinski definition) is 2. The Labute approximate surface area is 85.6 Å². The maximum atomic E-state index is 11.7. The molecule has 1 aliphatic rings. The van der Waals surface area contributed by atoms with E-state index in [2.05, 4.69) is 0 Å². The van der Waals surface area contributed by atoms with Gasteiger partial charge in [-0.15, -0.1) is 0 Å². The van der Waals surface area contributed by atoms with Crippen molar-refractivity contribution in [3.05, 3.63) is 0 Å². The number of hydrogen-bond donors (Lipinski definition) is 0. The third kappa shape index (κ3) is 2.03. The van der Waals surface area contributed by atoms with Crippen LogP contribution in [0.25, 0.3) is 0 Å². The van der Waals surface area contributed by atoms with Gasteiger partial charge in [0.25, 0.3) is 0 Å². The molecule has 0 aromatic carbocycles. The van der Waals surface area contributed by atoms with Crippen molar-refractivity contribution >= 4 is 25.4 Å². The first-order valence-corrected chi connectivity index (χ1v) is 7.30. The molecule has 0 aromatic heterocycles. The van der Waals surface area contributed by atoms with Gasteiger partial charge in [0.2, 0.25) is 0 Å². The van der Waals surface area contributed by atoms with Gasteiger partial charge in [0, 0.05) is 0 Å². The Morgan fingerprint density at radius 3 is 2.08 bits per heavy atom. The number of carbonyl (C=O) groups is 2. The minimum atomic E-state index is -0.562. The summed E-state index contributed by atoms with van der Waals surface area (Å²) in [6, 6.07) is 0. The van der Waals surface area contributed by atoms with E-state index in [4.69, 9.17) is 0 Å². The summed E-state index contributed by atoms with van der Waals surface area (Å²) >= 11 is -0.0248. The van der Waals surface area contributed by atoms with Crippen molar-refractivity contribution < 1.29 is 9.59 Å². The minimum absolute atomic E-state index is 0.0248. The van der Waals surface area contributed by atoms with E-state index in [1.54, 1.807) is 6.92 Å². The van der Waals surface area contributed by atoms with Crippen LogP contribution in [0, 0.1) is 5.41 Å². The monoisotopic (exact) mass is 248 g/mol. The van der Waals surface area contributed by atoms with Gasteiger partial charge in [-0.3, -0.25) is 0 Å². The second-order valence-corrected chi connectivity index (χ2v) is 5.33. The van der Waals surface area contributed by atoms with Crippen LogP contribution < -0.4 is 0 Å². The molecule has 13 heavy (non-hydrogen) atoms. The van der Waals surface area contributed by atoms with E-state index in [1.165, 1.54) is 6.42 Å². The molecule has 1 saturated carbocycles. The molecule has 0 radical (unpaired) electrons. The van der Waals surface area contributed by atoms with Gasteiger partial charge in [-0.2, -0.15) is 0 Å². The molecule has 0 heterocycles. The molecular weight excluding hydrogens is 231 g/mol. The quantitative estimate of drug-likeness (QED) is 0.563. The third-order valence-corrected chi connectivity index (χ3v) is 4.55. The molecule has 0 amide bonds. The van der Waals surface area contributed by atoms with Crippen molar-refractivity contribution in [2.75, 3.05) is 0 Å². The summed E-state index contributed by atoms with van der Waals surface area (Å²) in [6.45, 7) is 1.58. The van der Waals surface area contributed by atoms with E-state index in [0.717, 1.165) is 25.7 Å². The van der Waals surface area contributed by atoms with Crippen molar-refractivity contribution in [1.82, 2.24) is 0 Å². The molecule has 2 nitrogen and oxygen atoms in total. The van der Waals surface area contributed by atoms with Crippen molar-refractivity contribution in [1.29, 1.82) is 0 Å². The summed E-state index contributed by atoms with van der Waals surface area (Å²) < 4.78 is 0.215. The normalized spacial score (nSPS) is 21.1. The summed E-state index contributed by atoms with van der Waals surface area (Å²) in [4.78, 5) is 23.2. The number of ketones is 1. The zero-order valence-corrected chi connectivity index (χ0v) is 9.97. The van der Waals surface area contributed by atoms with Gasteiger partial charge in [-0.1, -0.05) is 0 Å². The Bertz CT molecular complexity index is 217. The fraction of sp³-hybridized carbons (Fsp3) is 0.800. The Morgan fingerprint density at radius 1 is 1.15 bits per heavy atom. The fourth-order valence-corrected chi connectivity index (χ4v) is 3.60. The van der Waals surface area contributed by atoms with E-state index < -0.39 is 5.41 Å². The van der Waals surface area contributed by atoms with Crippen LogP contribution in [0.3, 0.4) is 0 Å². The van der Waals surface area contributed by atoms with Crippen LogP contribution in [0.4, 0.5) is 0 Å². The molecule has 1 fully saturated rings. The van der Waals surface area contributed by atoms with E-state index in [0.29, 0.717) is 0 Å². The summed E-state index contributed by atoms with van der Waals surface area (Å²) in [5.74, 6) is 2.01. The van der Waals surface area contributed by atoms with Gasteiger partial charge < -0.3 is 0 Å². The Kier molecular flexibility index (Phi) is 3.69. The average Bonchev–Trinajstić information content (AvgIpc) is 2.17. The van der Waals surface area contributed by atoms with Crippen molar-refractivity contribution in [2.24, 2.45) is 5.41 Å². The van der Waals surface area contributed by atoms with Crippen LogP contribution in [0.5, 0.6) is 0 Å². The summed E-state index contributed by atoms with van der Waals surface area (Å²) in [5, 5.41) is 0. The van der Waals surface area contributed by atoms with E-state index in [1.807, 2.05) is 5.82 Å². The number of carbonyl (C=O) groups excluding carboxylic acids is 2. The summed E-state index contributed by atoms with van der Waals surface area (Å²) in [6.07, 6.45) is 4.87. The van der Waals surface area contributed by atoms with E-state index >= 15 is 0 Å². The Morgan fingerprint density at radius 2 is 1.69 bits per heavy atom. The van der Waals surface area contributed by atoms with Crippen LogP contribution >= 0.6 is 0 Å². The van der Waals surface area contributed by atoms with Crippen LogP contribution in [-0.4, -0.2) is 25.4 Å². The van der Waals surface area contributed by atoms with Gasteiger partial charge in [0.1, 0.15) is 0 Å². The topological polar surface area (TPSA) is 34.1 Å².